The number of halogens is 1. The summed E-state index contributed by atoms with van der Waals surface area (Å²) in [5.41, 5.74) is 3.12. The fraction of sp³-hybridized carbons (Fsp3) is 0.250. The molecule has 7 heteroatoms. The number of ether oxygens (including phenoxy) is 1. The SMILES string of the molecule is CCCOc1cccc(C=NNC(=O)CCNC(=O)c2ccccc2F)c1. The monoisotopic (exact) mass is 371 g/mol. The molecule has 142 valence electrons. The molecule has 2 aromatic rings. The molecule has 6 nitrogen and oxygen atoms in total. The van der Waals surface area contributed by atoms with E-state index < -0.39 is 11.7 Å². The van der Waals surface area contributed by atoms with Gasteiger partial charge in [0.25, 0.3) is 5.91 Å². The fourth-order valence-electron chi connectivity index (χ4n) is 2.17. The van der Waals surface area contributed by atoms with Crippen LogP contribution >= 0.6 is 0 Å². The van der Waals surface area contributed by atoms with Gasteiger partial charge in [0, 0.05) is 13.0 Å². The first-order valence-corrected chi connectivity index (χ1v) is 8.67. The highest BCUT2D eigenvalue weighted by Crippen LogP contribution is 2.12. The Labute approximate surface area is 157 Å². The minimum absolute atomic E-state index is 0.0250. The van der Waals surface area contributed by atoms with Gasteiger partial charge in [0.05, 0.1) is 18.4 Å². The molecule has 0 fully saturated rings. The minimum Gasteiger partial charge on any atom is -0.494 e. The largest absolute Gasteiger partial charge is 0.494 e. The molecule has 0 aliphatic rings. The van der Waals surface area contributed by atoms with E-state index in [1.165, 1.54) is 24.4 Å². The third-order valence-corrected chi connectivity index (χ3v) is 3.49. The Morgan fingerprint density at radius 1 is 1.19 bits per heavy atom. The second-order valence-electron chi connectivity index (χ2n) is 5.70. The lowest BCUT2D eigenvalue weighted by molar-refractivity contribution is -0.120. The van der Waals surface area contributed by atoms with Gasteiger partial charge in [0.15, 0.2) is 0 Å². The zero-order valence-corrected chi connectivity index (χ0v) is 15.1. The normalized spacial score (nSPS) is 10.6. The van der Waals surface area contributed by atoms with E-state index in [4.69, 9.17) is 4.74 Å². The van der Waals surface area contributed by atoms with E-state index in [0.29, 0.717) is 6.61 Å². The number of amides is 2. The summed E-state index contributed by atoms with van der Waals surface area (Å²) in [4.78, 5) is 23.6. The van der Waals surface area contributed by atoms with Gasteiger partial charge in [-0.3, -0.25) is 9.59 Å². The summed E-state index contributed by atoms with van der Waals surface area (Å²) < 4.78 is 19.0. The zero-order valence-electron chi connectivity index (χ0n) is 15.1. The average molecular weight is 371 g/mol. The summed E-state index contributed by atoms with van der Waals surface area (Å²) in [5.74, 6) is -0.788. The molecule has 0 bridgehead atoms. The van der Waals surface area contributed by atoms with Crippen molar-refractivity contribution < 1.29 is 18.7 Å². The molecule has 2 amide bonds. The lowest BCUT2D eigenvalue weighted by Gasteiger charge is -2.05. The summed E-state index contributed by atoms with van der Waals surface area (Å²) in [5, 5.41) is 6.38. The van der Waals surface area contributed by atoms with Crippen molar-refractivity contribution in [2.75, 3.05) is 13.2 Å². The van der Waals surface area contributed by atoms with E-state index in [1.54, 1.807) is 6.07 Å². The van der Waals surface area contributed by atoms with Crippen molar-refractivity contribution in [1.82, 2.24) is 10.7 Å². The summed E-state index contributed by atoms with van der Waals surface area (Å²) >= 11 is 0. The van der Waals surface area contributed by atoms with Crippen LogP contribution in [0.4, 0.5) is 4.39 Å². The second kappa shape index (κ2) is 10.7. The first-order valence-electron chi connectivity index (χ1n) is 8.67. The molecule has 0 aliphatic heterocycles. The van der Waals surface area contributed by atoms with Crippen molar-refractivity contribution in [3.05, 3.63) is 65.5 Å². The number of nitrogens with one attached hydrogen (secondary N) is 2. The van der Waals surface area contributed by atoms with Crippen LogP contribution in [0.3, 0.4) is 0 Å². The number of hydrogen-bond donors (Lipinski definition) is 2. The molecule has 0 atom stereocenters. The molecule has 2 N–H and O–H groups in total. The van der Waals surface area contributed by atoms with E-state index in [9.17, 15) is 14.0 Å². The van der Waals surface area contributed by atoms with Crippen LogP contribution in [0.2, 0.25) is 0 Å². The summed E-state index contributed by atoms with van der Waals surface area (Å²) in [6.07, 6.45) is 2.45. The van der Waals surface area contributed by atoms with E-state index >= 15 is 0 Å². The van der Waals surface area contributed by atoms with Crippen molar-refractivity contribution in [3.8, 4) is 5.75 Å². The van der Waals surface area contributed by atoms with Crippen molar-refractivity contribution in [2.45, 2.75) is 19.8 Å². The Balaban J connectivity index is 1.74. The Morgan fingerprint density at radius 2 is 2.00 bits per heavy atom. The molecule has 0 saturated heterocycles. The van der Waals surface area contributed by atoms with Crippen molar-refractivity contribution in [1.29, 1.82) is 0 Å². The maximum atomic E-state index is 13.5. The molecule has 0 unspecified atom stereocenters. The van der Waals surface area contributed by atoms with Gasteiger partial charge < -0.3 is 10.1 Å². The van der Waals surface area contributed by atoms with Crippen LogP contribution in [-0.4, -0.2) is 31.2 Å². The van der Waals surface area contributed by atoms with Gasteiger partial charge in [0.2, 0.25) is 5.91 Å². The van der Waals surface area contributed by atoms with Gasteiger partial charge in [0.1, 0.15) is 11.6 Å². The van der Waals surface area contributed by atoms with E-state index in [-0.39, 0.29) is 24.4 Å². The van der Waals surface area contributed by atoms with Crippen molar-refractivity contribution in [2.24, 2.45) is 5.10 Å². The number of hydrazone groups is 1. The molecule has 0 radical (unpaired) electrons. The van der Waals surface area contributed by atoms with Crippen LogP contribution in [0.15, 0.2) is 53.6 Å². The van der Waals surface area contributed by atoms with Gasteiger partial charge in [-0.1, -0.05) is 31.2 Å². The number of rotatable bonds is 9. The number of carbonyl (C=O) groups excluding carboxylic acids is 2. The molecule has 2 aromatic carbocycles. The summed E-state index contributed by atoms with van der Waals surface area (Å²) in [7, 11) is 0. The summed E-state index contributed by atoms with van der Waals surface area (Å²) in [6.45, 7) is 2.74. The number of carbonyl (C=O) groups is 2. The average Bonchev–Trinajstić information content (AvgIpc) is 2.67. The lowest BCUT2D eigenvalue weighted by Crippen LogP contribution is -2.29. The minimum atomic E-state index is -0.603. The van der Waals surface area contributed by atoms with Gasteiger partial charge >= 0.3 is 0 Å². The Hall–Kier alpha value is -3.22. The van der Waals surface area contributed by atoms with Gasteiger partial charge in [-0.25, -0.2) is 9.82 Å². The van der Waals surface area contributed by atoms with Gasteiger partial charge in [-0.15, -0.1) is 0 Å². The topological polar surface area (TPSA) is 79.8 Å². The Bertz CT molecular complexity index is 809. The van der Waals surface area contributed by atoms with E-state index in [2.05, 4.69) is 15.8 Å². The smallest absolute Gasteiger partial charge is 0.254 e. The maximum Gasteiger partial charge on any atom is 0.254 e. The highest BCUT2D eigenvalue weighted by Gasteiger charge is 2.10. The van der Waals surface area contributed by atoms with Crippen LogP contribution < -0.4 is 15.5 Å². The molecule has 0 spiro atoms. The quantitative estimate of drug-likeness (QED) is 0.525. The first-order chi connectivity index (χ1) is 13.1. The number of hydrogen-bond acceptors (Lipinski definition) is 4. The Morgan fingerprint density at radius 3 is 2.78 bits per heavy atom. The van der Waals surface area contributed by atoms with Crippen LogP contribution in [-0.2, 0) is 4.79 Å². The molecule has 0 heterocycles. The zero-order chi connectivity index (χ0) is 19.5. The predicted molar refractivity (Wildman–Crippen MR) is 101 cm³/mol. The summed E-state index contributed by atoms with van der Waals surface area (Å²) in [6, 6.07) is 13.0. The number of nitrogens with zero attached hydrogens (tertiary/aromatic N) is 1. The third kappa shape index (κ3) is 6.89. The highest BCUT2D eigenvalue weighted by atomic mass is 19.1. The third-order valence-electron chi connectivity index (χ3n) is 3.49. The van der Waals surface area contributed by atoms with Crippen LogP contribution in [0.25, 0.3) is 0 Å². The molecule has 0 aromatic heterocycles. The second-order valence-corrected chi connectivity index (χ2v) is 5.70. The van der Waals surface area contributed by atoms with Crippen molar-refractivity contribution in [3.63, 3.8) is 0 Å². The first kappa shape index (κ1) is 20.1. The standard InChI is InChI=1S/C20H22FN3O3/c1-2-12-27-16-7-5-6-15(13-16)14-23-24-19(25)10-11-22-20(26)17-8-3-4-9-18(17)21/h3-9,13-14H,2,10-12H2,1H3,(H,22,26)(H,24,25). The molecule has 0 saturated carbocycles. The fourth-order valence-corrected chi connectivity index (χ4v) is 2.17. The van der Waals surface area contributed by atoms with E-state index in [0.717, 1.165) is 17.7 Å². The lowest BCUT2D eigenvalue weighted by atomic mass is 10.2. The van der Waals surface area contributed by atoms with Crippen molar-refractivity contribution >= 4 is 18.0 Å². The maximum absolute atomic E-state index is 13.5. The highest BCUT2D eigenvalue weighted by molar-refractivity contribution is 5.94. The number of benzene rings is 2. The van der Waals surface area contributed by atoms with Crippen LogP contribution in [0.5, 0.6) is 5.75 Å². The molecule has 27 heavy (non-hydrogen) atoms. The van der Waals surface area contributed by atoms with E-state index in [1.807, 2.05) is 31.2 Å². The molecular formula is C20H22FN3O3. The molecule has 0 aliphatic carbocycles. The van der Waals surface area contributed by atoms with Crippen LogP contribution in [0.1, 0.15) is 35.7 Å². The predicted octanol–water partition coefficient (Wildman–Crippen LogP) is 2.88. The van der Waals surface area contributed by atoms with Gasteiger partial charge in [-0.05, 0) is 36.2 Å². The van der Waals surface area contributed by atoms with Gasteiger partial charge in [-0.2, -0.15) is 5.10 Å². The molecular weight excluding hydrogens is 349 g/mol. The van der Waals surface area contributed by atoms with Crippen LogP contribution in [0, 0.1) is 5.82 Å². The molecule has 2 rings (SSSR count). The Kier molecular flexibility index (Phi) is 7.96.